The van der Waals surface area contributed by atoms with Crippen LogP contribution in [0.15, 0.2) is 36.4 Å². The van der Waals surface area contributed by atoms with Gasteiger partial charge in [-0.25, -0.2) is 0 Å². The smallest absolute Gasteiger partial charge is 0.115 e. The highest BCUT2D eigenvalue weighted by atomic mass is 16.3. The topological polar surface area (TPSA) is 32.3 Å². The molecule has 2 aromatic carbocycles. The van der Waals surface area contributed by atoms with Crippen LogP contribution >= 0.6 is 0 Å². The first-order valence-corrected chi connectivity index (χ1v) is 6.60. The maximum atomic E-state index is 9.44. The molecule has 0 heterocycles. The molecule has 0 bridgehead atoms. The summed E-state index contributed by atoms with van der Waals surface area (Å²) >= 11 is 0. The zero-order valence-electron chi connectivity index (χ0n) is 12.0. The lowest BCUT2D eigenvalue weighted by atomic mass is 10.00. The molecule has 19 heavy (non-hydrogen) atoms. The molecular weight excluding hydrogens is 234 g/mol. The molecule has 2 aromatic rings. The second-order valence-corrected chi connectivity index (χ2v) is 5.23. The highest BCUT2D eigenvalue weighted by Gasteiger charge is 2.09. The number of phenols is 1. The molecule has 2 N–H and O–H groups in total. The van der Waals surface area contributed by atoms with E-state index in [9.17, 15) is 5.11 Å². The fraction of sp³-hybridized carbons (Fsp3) is 0.294. The van der Waals surface area contributed by atoms with Gasteiger partial charge in [-0.3, -0.25) is 0 Å². The molecule has 0 radical (unpaired) electrons. The normalized spacial score (nSPS) is 12.2. The van der Waals surface area contributed by atoms with E-state index in [2.05, 4.69) is 44.3 Å². The molecule has 2 rings (SSSR count). The summed E-state index contributed by atoms with van der Waals surface area (Å²) in [5, 5.41) is 12.9. The maximum Gasteiger partial charge on any atom is 0.115 e. The van der Waals surface area contributed by atoms with Gasteiger partial charge in [0, 0.05) is 11.7 Å². The van der Waals surface area contributed by atoms with Crippen LogP contribution in [0.3, 0.4) is 0 Å². The number of aromatic hydroxyl groups is 1. The van der Waals surface area contributed by atoms with Crippen molar-refractivity contribution in [3.63, 3.8) is 0 Å². The van der Waals surface area contributed by atoms with E-state index in [0.717, 1.165) is 11.3 Å². The van der Waals surface area contributed by atoms with E-state index in [0.29, 0.717) is 5.75 Å². The first kappa shape index (κ1) is 13.5. The summed E-state index contributed by atoms with van der Waals surface area (Å²) in [6.07, 6.45) is 0. The first-order chi connectivity index (χ1) is 8.97. The number of hydrogen-bond acceptors (Lipinski definition) is 2. The van der Waals surface area contributed by atoms with Crippen molar-refractivity contribution in [3.8, 4) is 5.75 Å². The molecule has 0 aliphatic heterocycles. The zero-order valence-corrected chi connectivity index (χ0v) is 12.0. The molecule has 0 fully saturated rings. The van der Waals surface area contributed by atoms with E-state index in [1.165, 1.54) is 16.7 Å². The number of phenolic OH excluding ortho intramolecular Hbond substituents is 1. The van der Waals surface area contributed by atoms with Crippen molar-refractivity contribution in [2.75, 3.05) is 5.32 Å². The van der Waals surface area contributed by atoms with Crippen molar-refractivity contribution in [2.45, 2.75) is 33.7 Å². The summed E-state index contributed by atoms with van der Waals surface area (Å²) in [4.78, 5) is 0. The van der Waals surface area contributed by atoms with Crippen molar-refractivity contribution in [1.82, 2.24) is 0 Å². The molecule has 0 saturated heterocycles. The van der Waals surface area contributed by atoms with Gasteiger partial charge in [-0.15, -0.1) is 0 Å². The molecule has 0 aromatic heterocycles. The van der Waals surface area contributed by atoms with Crippen LogP contribution in [0.1, 0.15) is 35.2 Å². The summed E-state index contributed by atoms with van der Waals surface area (Å²) in [6, 6.07) is 12.2. The van der Waals surface area contributed by atoms with Crippen LogP contribution in [-0.4, -0.2) is 5.11 Å². The average Bonchev–Trinajstić information content (AvgIpc) is 2.32. The summed E-state index contributed by atoms with van der Waals surface area (Å²) < 4.78 is 0. The van der Waals surface area contributed by atoms with Gasteiger partial charge in [0.25, 0.3) is 0 Å². The standard InChI is InChI=1S/C17H21NO/c1-11-5-7-16(12(2)9-11)14(4)18-17-8-6-15(19)10-13(17)3/h5-10,14,18-19H,1-4H3. The third kappa shape index (κ3) is 3.08. The Balaban J connectivity index is 2.23. The van der Waals surface area contributed by atoms with E-state index in [-0.39, 0.29) is 6.04 Å². The minimum Gasteiger partial charge on any atom is -0.508 e. The molecule has 100 valence electrons. The number of nitrogens with one attached hydrogen (secondary N) is 1. The Labute approximate surface area is 115 Å². The lowest BCUT2D eigenvalue weighted by molar-refractivity contribution is 0.475. The molecular formula is C17H21NO. The molecule has 1 atom stereocenters. The van der Waals surface area contributed by atoms with Crippen LogP contribution in [0.2, 0.25) is 0 Å². The van der Waals surface area contributed by atoms with E-state index >= 15 is 0 Å². The second-order valence-electron chi connectivity index (χ2n) is 5.23. The third-order valence-corrected chi connectivity index (χ3v) is 3.47. The summed E-state index contributed by atoms with van der Waals surface area (Å²) in [7, 11) is 0. The van der Waals surface area contributed by atoms with Crippen molar-refractivity contribution in [3.05, 3.63) is 58.7 Å². The lowest BCUT2D eigenvalue weighted by Crippen LogP contribution is -2.09. The van der Waals surface area contributed by atoms with E-state index < -0.39 is 0 Å². The Morgan fingerprint density at radius 3 is 2.32 bits per heavy atom. The van der Waals surface area contributed by atoms with Crippen LogP contribution in [-0.2, 0) is 0 Å². The minimum absolute atomic E-state index is 0.240. The molecule has 2 heteroatoms. The molecule has 0 aliphatic carbocycles. The molecule has 0 spiro atoms. The van der Waals surface area contributed by atoms with E-state index in [1.807, 2.05) is 13.0 Å². The van der Waals surface area contributed by atoms with Gasteiger partial charge in [0.2, 0.25) is 0 Å². The minimum atomic E-state index is 0.240. The van der Waals surface area contributed by atoms with E-state index in [4.69, 9.17) is 0 Å². The monoisotopic (exact) mass is 255 g/mol. The highest BCUT2D eigenvalue weighted by Crippen LogP contribution is 2.26. The predicted octanol–water partition coefficient (Wildman–Crippen LogP) is 4.49. The Morgan fingerprint density at radius 2 is 1.68 bits per heavy atom. The third-order valence-electron chi connectivity index (χ3n) is 3.47. The Bertz CT molecular complexity index is 590. The predicted molar refractivity (Wildman–Crippen MR) is 80.8 cm³/mol. The number of anilines is 1. The molecule has 2 nitrogen and oxygen atoms in total. The van der Waals surface area contributed by atoms with Gasteiger partial charge in [0.05, 0.1) is 0 Å². The number of rotatable bonds is 3. The number of benzene rings is 2. The molecule has 1 unspecified atom stereocenters. The summed E-state index contributed by atoms with van der Waals surface area (Å²) in [6.45, 7) is 8.41. The van der Waals surface area contributed by atoms with Crippen LogP contribution < -0.4 is 5.32 Å². The molecule has 0 saturated carbocycles. The van der Waals surface area contributed by atoms with Crippen molar-refractivity contribution in [1.29, 1.82) is 0 Å². The van der Waals surface area contributed by atoms with Gasteiger partial charge in [0.15, 0.2) is 0 Å². The SMILES string of the molecule is Cc1ccc(C(C)Nc2ccc(O)cc2C)c(C)c1. The lowest BCUT2D eigenvalue weighted by Gasteiger charge is -2.19. The van der Waals surface area contributed by atoms with Crippen LogP contribution in [0.25, 0.3) is 0 Å². The van der Waals surface area contributed by atoms with Gasteiger partial charge < -0.3 is 10.4 Å². The first-order valence-electron chi connectivity index (χ1n) is 6.60. The Kier molecular flexibility index (Phi) is 3.79. The fourth-order valence-corrected chi connectivity index (χ4v) is 2.43. The number of aryl methyl sites for hydroxylation is 3. The van der Waals surface area contributed by atoms with Crippen LogP contribution in [0, 0.1) is 20.8 Å². The van der Waals surface area contributed by atoms with Gasteiger partial charge in [-0.05, 0) is 62.6 Å². The number of hydrogen-bond donors (Lipinski definition) is 2. The average molecular weight is 255 g/mol. The Morgan fingerprint density at radius 1 is 0.947 bits per heavy atom. The fourth-order valence-electron chi connectivity index (χ4n) is 2.43. The quantitative estimate of drug-likeness (QED) is 0.792. The summed E-state index contributed by atoms with van der Waals surface area (Å²) in [5.41, 5.74) is 6.01. The van der Waals surface area contributed by atoms with E-state index in [1.54, 1.807) is 12.1 Å². The van der Waals surface area contributed by atoms with Gasteiger partial charge >= 0.3 is 0 Å². The summed E-state index contributed by atoms with van der Waals surface area (Å²) in [5.74, 6) is 0.308. The molecule has 0 aliphatic rings. The molecule has 0 amide bonds. The van der Waals surface area contributed by atoms with Crippen molar-refractivity contribution < 1.29 is 5.11 Å². The van der Waals surface area contributed by atoms with Crippen LogP contribution in [0.4, 0.5) is 5.69 Å². The second kappa shape index (κ2) is 5.35. The largest absolute Gasteiger partial charge is 0.508 e. The van der Waals surface area contributed by atoms with Gasteiger partial charge in [-0.2, -0.15) is 0 Å². The van der Waals surface area contributed by atoms with Crippen LogP contribution in [0.5, 0.6) is 5.75 Å². The van der Waals surface area contributed by atoms with Gasteiger partial charge in [0.1, 0.15) is 5.75 Å². The van der Waals surface area contributed by atoms with Crippen molar-refractivity contribution in [2.24, 2.45) is 0 Å². The van der Waals surface area contributed by atoms with Gasteiger partial charge in [-0.1, -0.05) is 23.8 Å². The van der Waals surface area contributed by atoms with Crippen molar-refractivity contribution >= 4 is 5.69 Å². The maximum absolute atomic E-state index is 9.44. The Hall–Kier alpha value is -1.96. The highest BCUT2D eigenvalue weighted by molar-refractivity contribution is 5.55. The zero-order chi connectivity index (χ0) is 14.0.